The summed E-state index contributed by atoms with van der Waals surface area (Å²) < 4.78 is 1.80. The zero-order chi connectivity index (χ0) is 17.4. The van der Waals surface area contributed by atoms with E-state index in [1.165, 1.54) is 0 Å². The van der Waals surface area contributed by atoms with E-state index in [9.17, 15) is 9.90 Å². The van der Waals surface area contributed by atoms with E-state index in [1.54, 1.807) is 28.0 Å². The van der Waals surface area contributed by atoms with Crippen LogP contribution in [0, 0.1) is 0 Å². The van der Waals surface area contributed by atoms with Crippen LogP contribution in [0.1, 0.15) is 58.9 Å². The molecule has 1 atom stereocenters. The molecule has 4 rings (SSSR count). The zero-order valence-electron chi connectivity index (χ0n) is 13.9. The number of nitrogens with zero attached hydrogens (tertiary/aromatic N) is 5. The van der Waals surface area contributed by atoms with Crippen molar-refractivity contribution in [3.05, 3.63) is 41.2 Å². The number of hydrogen-bond donors (Lipinski definition) is 2. The number of amides is 1. The van der Waals surface area contributed by atoms with Gasteiger partial charge >= 0.3 is 0 Å². The van der Waals surface area contributed by atoms with Crippen LogP contribution in [0.4, 0.5) is 0 Å². The van der Waals surface area contributed by atoms with E-state index in [4.69, 9.17) is 5.11 Å². The monoisotopic (exact) mass is 343 g/mol. The van der Waals surface area contributed by atoms with E-state index in [1.807, 2.05) is 0 Å². The lowest BCUT2D eigenvalue weighted by molar-refractivity contribution is 0.0744. The van der Waals surface area contributed by atoms with Gasteiger partial charge < -0.3 is 15.1 Å². The van der Waals surface area contributed by atoms with Gasteiger partial charge in [0, 0.05) is 31.4 Å². The molecule has 1 aliphatic heterocycles. The number of aromatic nitrogens is 4. The van der Waals surface area contributed by atoms with Gasteiger partial charge in [-0.2, -0.15) is 5.10 Å². The molecule has 2 aromatic heterocycles. The van der Waals surface area contributed by atoms with Crippen LogP contribution in [0.5, 0.6) is 0 Å². The summed E-state index contributed by atoms with van der Waals surface area (Å²) >= 11 is 0. The van der Waals surface area contributed by atoms with Gasteiger partial charge in [-0.25, -0.2) is 9.97 Å². The Kier molecular flexibility index (Phi) is 4.22. The highest BCUT2D eigenvalue weighted by Crippen LogP contribution is 2.37. The molecule has 0 bridgehead atoms. The second kappa shape index (κ2) is 6.53. The molecule has 0 aromatic carbocycles. The molecule has 1 unspecified atom stereocenters. The molecule has 3 heterocycles. The van der Waals surface area contributed by atoms with E-state index < -0.39 is 6.10 Å². The largest absolute Gasteiger partial charge is 0.393 e. The molecule has 0 radical (unpaired) electrons. The minimum atomic E-state index is -0.994. The van der Waals surface area contributed by atoms with Crippen LogP contribution >= 0.6 is 0 Å². The van der Waals surface area contributed by atoms with Crippen LogP contribution in [0.3, 0.4) is 0 Å². The van der Waals surface area contributed by atoms with Gasteiger partial charge in [0.05, 0.1) is 30.1 Å². The van der Waals surface area contributed by atoms with Gasteiger partial charge in [-0.1, -0.05) is 0 Å². The summed E-state index contributed by atoms with van der Waals surface area (Å²) in [5.74, 6) is 1.20. The smallest absolute Gasteiger partial charge is 0.257 e. The van der Waals surface area contributed by atoms with E-state index in [2.05, 4.69) is 15.1 Å². The zero-order valence-corrected chi connectivity index (χ0v) is 13.9. The van der Waals surface area contributed by atoms with Crippen LogP contribution in [0.2, 0.25) is 0 Å². The average Bonchev–Trinajstić information content (AvgIpc) is 3.44. The molecule has 1 fully saturated rings. The number of hydrogen-bond acceptors (Lipinski definition) is 6. The Morgan fingerprint density at radius 1 is 1.28 bits per heavy atom. The Bertz CT molecular complexity index is 769. The molecule has 1 amide bonds. The predicted molar refractivity (Wildman–Crippen MR) is 87.6 cm³/mol. The topological polar surface area (TPSA) is 104 Å². The number of aliphatic hydroxyl groups excluding tert-OH is 2. The maximum atomic E-state index is 12.8. The maximum Gasteiger partial charge on any atom is 0.257 e. The van der Waals surface area contributed by atoms with E-state index in [-0.39, 0.29) is 12.5 Å². The summed E-state index contributed by atoms with van der Waals surface area (Å²) in [6.07, 6.45) is 5.28. The molecule has 8 heteroatoms. The summed E-state index contributed by atoms with van der Waals surface area (Å²) in [6.45, 7) is 1.34. The molecule has 2 aliphatic rings. The fourth-order valence-electron chi connectivity index (χ4n) is 3.10. The molecule has 1 saturated carbocycles. The highest BCUT2D eigenvalue weighted by atomic mass is 16.3. The standard InChI is InChI=1S/C17H21N5O3/c23-10-15(24)14-6-13-9-21(4-1-5-22(13)20-14)17(25)12-7-18-16(19-8-12)11-2-3-11/h6-8,11,15,23-24H,1-5,9-10H2. The second-order valence-electron chi connectivity index (χ2n) is 6.67. The van der Waals surface area contributed by atoms with E-state index >= 15 is 0 Å². The summed E-state index contributed by atoms with van der Waals surface area (Å²) in [6, 6.07) is 1.75. The van der Waals surface area contributed by atoms with Crippen LogP contribution in [-0.4, -0.2) is 53.9 Å². The van der Waals surface area contributed by atoms with E-state index in [0.717, 1.165) is 30.8 Å². The lowest BCUT2D eigenvalue weighted by Crippen LogP contribution is -2.31. The molecule has 2 aromatic rings. The predicted octanol–water partition coefficient (Wildman–Crippen LogP) is 0.622. The van der Waals surface area contributed by atoms with Crippen molar-refractivity contribution < 1.29 is 15.0 Å². The van der Waals surface area contributed by atoms with Gasteiger partial charge in [0.15, 0.2) is 0 Å². The second-order valence-corrected chi connectivity index (χ2v) is 6.67. The van der Waals surface area contributed by atoms with Crippen molar-refractivity contribution in [1.82, 2.24) is 24.6 Å². The Labute approximate surface area is 145 Å². The fourth-order valence-corrected chi connectivity index (χ4v) is 3.10. The van der Waals surface area contributed by atoms with Gasteiger partial charge in [0.25, 0.3) is 5.91 Å². The minimum Gasteiger partial charge on any atom is -0.393 e. The summed E-state index contributed by atoms with van der Waals surface area (Å²) in [7, 11) is 0. The van der Waals surface area contributed by atoms with Crippen LogP contribution in [0.15, 0.2) is 18.5 Å². The van der Waals surface area contributed by atoms with Crippen molar-refractivity contribution in [2.24, 2.45) is 0 Å². The molecule has 0 saturated heterocycles. The number of carbonyl (C=O) groups is 1. The highest BCUT2D eigenvalue weighted by Gasteiger charge is 2.27. The average molecular weight is 343 g/mol. The third kappa shape index (κ3) is 3.27. The van der Waals surface area contributed by atoms with Crippen molar-refractivity contribution in [2.45, 2.75) is 44.4 Å². The molecular weight excluding hydrogens is 322 g/mol. The lowest BCUT2D eigenvalue weighted by atomic mass is 10.2. The number of aryl methyl sites for hydroxylation is 1. The number of carbonyl (C=O) groups excluding carboxylic acids is 1. The van der Waals surface area contributed by atoms with Crippen molar-refractivity contribution in [3.63, 3.8) is 0 Å². The van der Waals surface area contributed by atoms with Crippen molar-refractivity contribution in [2.75, 3.05) is 13.2 Å². The van der Waals surface area contributed by atoms with Crippen LogP contribution in [0.25, 0.3) is 0 Å². The van der Waals surface area contributed by atoms with Crippen LogP contribution in [-0.2, 0) is 13.1 Å². The number of fused-ring (bicyclic) bond motifs is 1. The third-order valence-corrected chi connectivity index (χ3v) is 4.70. The lowest BCUT2D eigenvalue weighted by Gasteiger charge is -2.19. The fraction of sp³-hybridized carbons (Fsp3) is 0.529. The molecule has 25 heavy (non-hydrogen) atoms. The molecule has 0 spiro atoms. The maximum absolute atomic E-state index is 12.8. The molecule has 2 N–H and O–H groups in total. The van der Waals surface area contributed by atoms with Gasteiger partial charge in [-0.15, -0.1) is 0 Å². The minimum absolute atomic E-state index is 0.0961. The summed E-state index contributed by atoms with van der Waals surface area (Å²) in [4.78, 5) is 23.2. The van der Waals surface area contributed by atoms with Crippen molar-refractivity contribution in [1.29, 1.82) is 0 Å². The first-order chi connectivity index (χ1) is 12.2. The first-order valence-corrected chi connectivity index (χ1v) is 8.62. The molecule has 132 valence electrons. The van der Waals surface area contributed by atoms with Gasteiger partial charge in [0.1, 0.15) is 11.9 Å². The molecule has 1 aliphatic carbocycles. The number of rotatable bonds is 4. The van der Waals surface area contributed by atoms with Gasteiger partial charge in [-0.3, -0.25) is 9.48 Å². The summed E-state index contributed by atoms with van der Waals surface area (Å²) in [5.41, 5.74) is 1.78. The first-order valence-electron chi connectivity index (χ1n) is 8.62. The quantitative estimate of drug-likeness (QED) is 0.843. The highest BCUT2D eigenvalue weighted by molar-refractivity contribution is 5.93. The molecular formula is C17H21N5O3. The Balaban J connectivity index is 1.51. The number of aliphatic hydroxyl groups is 2. The Morgan fingerprint density at radius 3 is 2.72 bits per heavy atom. The van der Waals surface area contributed by atoms with E-state index in [0.29, 0.717) is 36.8 Å². The Morgan fingerprint density at radius 2 is 2.04 bits per heavy atom. The van der Waals surface area contributed by atoms with Gasteiger partial charge in [0.2, 0.25) is 0 Å². The Hall–Kier alpha value is -2.32. The van der Waals surface area contributed by atoms with Gasteiger partial charge in [-0.05, 0) is 25.3 Å². The first kappa shape index (κ1) is 16.2. The normalized spacial score (nSPS) is 18.6. The van der Waals surface area contributed by atoms with Crippen LogP contribution < -0.4 is 0 Å². The van der Waals surface area contributed by atoms with Crippen molar-refractivity contribution in [3.8, 4) is 0 Å². The third-order valence-electron chi connectivity index (χ3n) is 4.70. The molecule has 8 nitrogen and oxygen atoms in total. The summed E-state index contributed by atoms with van der Waals surface area (Å²) in [5, 5.41) is 23.2. The SMILES string of the molecule is O=C(c1cnc(C2CC2)nc1)N1CCCn2nc(C(O)CO)cc2C1. The van der Waals surface area contributed by atoms with Crippen molar-refractivity contribution >= 4 is 5.91 Å².